The van der Waals surface area contributed by atoms with E-state index in [1.165, 1.54) is 19.2 Å². The number of fused-ring (bicyclic) bond motifs is 1. The van der Waals surface area contributed by atoms with Gasteiger partial charge in [0.2, 0.25) is 10.0 Å². The minimum Gasteiger partial charge on any atom is -0.487 e. The molecule has 1 aliphatic rings. The fraction of sp³-hybridized carbons (Fsp3) is 0.222. The number of hydrogen-bond donors (Lipinski definition) is 2. The van der Waals surface area contributed by atoms with Crippen LogP contribution in [-0.2, 0) is 26.8 Å². The van der Waals surface area contributed by atoms with Crippen molar-refractivity contribution in [3.63, 3.8) is 0 Å². The summed E-state index contributed by atoms with van der Waals surface area (Å²) in [5, 5.41) is 2.81. The second-order valence-corrected chi connectivity index (χ2v) is 12.1. The Labute approximate surface area is 214 Å². The number of benzene rings is 3. The number of carbonyl (C=O) groups excluding carboxylic acids is 1. The van der Waals surface area contributed by atoms with Crippen molar-refractivity contribution in [2.45, 2.75) is 37.7 Å². The Bertz CT molecular complexity index is 1430. The highest BCUT2D eigenvalue weighted by Crippen LogP contribution is 2.41. The SMILES string of the molecule is CNS(=O)(=O)c1ccc2c(c1)C(=Cc1cc(Br)c(OCc3ccccc3)c(C(C)(C)C)c1)C(=O)N2. The van der Waals surface area contributed by atoms with E-state index in [9.17, 15) is 13.2 Å². The molecule has 1 heterocycles. The number of rotatable bonds is 6. The lowest BCUT2D eigenvalue weighted by Crippen LogP contribution is -2.18. The summed E-state index contributed by atoms with van der Waals surface area (Å²) >= 11 is 3.66. The van der Waals surface area contributed by atoms with Crippen LogP contribution in [0.1, 0.15) is 43.0 Å². The molecule has 0 aliphatic carbocycles. The van der Waals surface area contributed by atoms with E-state index in [0.29, 0.717) is 23.4 Å². The lowest BCUT2D eigenvalue weighted by Gasteiger charge is -2.24. The van der Waals surface area contributed by atoms with Crippen LogP contribution in [0.15, 0.2) is 70.0 Å². The van der Waals surface area contributed by atoms with Crippen molar-refractivity contribution < 1.29 is 17.9 Å². The molecule has 35 heavy (non-hydrogen) atoms. The third kappa shape index (κ3) is 5.34. The number of ether oxygens (including phenoxy) is 1. The van der Waals surface area contributed by atoms with E-state index < -0.39 is 10.0 Å². The van der Waals surface area contributed by atoms with Gasteiger partial charge >= 0.3 is 0 Å². The third-order valence-electron chi connectivity index (χ3n) is 5.76. The molecule has 3 aromatic rings. The van der Waals surface area contributed by atoms with Gasteiger partial charge in [0.25, 0.3) is 5.91 Å². The minimum absolute atomic E-state index is 0.0994. The lowest BCUT2D eigenvalue weighted by atomic mass is 9.85. The smallest absolute Gasteiger partial charge is 0.256 e. The first-order valence-electron chi connectivity index (χ1n) is 11.1. The number of hydrogen-bond acceptors (Lipinski definition) is 4. The Kier molecular flexibility index (Phi) is 6.90. The Hall–Kier alpha value is -2.94. The molecule has 2 N–H and O–H groups in total. The minimum atomic E-state index is -3.64. The normalized spacial score (nSPS) is 14.7. The van der Waals surface area contributed by atoms with Gasteiger partial charge in [0.1, 0.15) is 12.4 Å². The highest BCUT2D eigenvalue weighted by Gasteiger charge is 2.27. The summed E-state index contributed by atoms with van der Waals surface area (Å²) < 4.78 is 33.9. The van der Waals surface area contributed by atoms with Crippen molar-refractivity contribution >= 4 is 49.2 Å². The number of nitrogens with one attached hydrogen (secondary N) is 2. The topological polar surface area (TPSA) is 84.5 Å². The molecule has 0 saturated carbocycles. The van der Waals surface area contributed by atoms with Crippen LogP contribution in [0.3, 0.4) is 0 Å². The molecule has 3 aromatic carbocycles. The average molecular weight is 555 g/mol. The second-order valence-electron chi connectivity index (χ2n) is 9.33. The van der Waals surface area contributed by atoms with Crippen molar-refractivity contribution in [2.24, 2.45) is 0 Å². The molecule has 0 radical (unpaired) electrons. The molecule has 182 valence electrons. The van der Waals surface area contributed by atoms with Gasteiger partial charge in [0.15, 0.2) is 0 Å². The van der Waals surface area contributed by atoms with Crippen LogP contribution < -0.4 is 14.8 Å². The first-order chi connectivity index (χ1) is 16.5. The molecule has 0 saturated heterocycles. The van der Waals surface area contributed by atoms with Gasteiger partial charge in [-0.05, 0) is 75.9 Å². The van der Waals surface area contributed by atoms with E-state index in [4.69, 9.17) is 4.74 Å². The largest absolute Gasteiger partial charge is 0.487 e. The lowest BCUT2D eigenvalue weighted by molar-refractivity contribution is -0.110. The zero-order valence-corrected chi connectivity index (χ0v) is 22.4. The maximum absolute atomic E-state index is 12.8. The predicted octanol–water partition coefficient (Wildman–Crippen LogP) is 5.73. The average Bonchev–Trinajstić information content (AvgIpc) is 3.12. The highest BCUT2D eigenvalue weighted by molar-refractivity contribution is 9.10. The Morgan fingerprint density at radius 3 is 2.43 bits per heavy atom. The van der Waals surface area contributed by atoms with Crippen LogP contribution in [0.5, 0.6) is 5.75 Å². The zero-order chi connectivity index (χ0) is 25.4. The molecular formula is C27H27BrN2O4S. The van der Waals surface area contributed by atoms with Crippen molar-refractivity contribution in [3.05, 3.63) is 87.4 Å². The van der Waals surface area contributed by atoms with E-state index in [-0.39, 0.29) is 16.2 Å². The predicted molar refractivity (Wildman–Crippen MR) is 143 cm³/mol. The van der Waals surface area contributed by atoms with Gasteiger partial charge < -0.3 is 10.1 Å². The molecule has 0 atom stereocenters. The molecule has 0 aromatic heterocycles. The maximum Gasteiger partial charge on any atom is 0.256 e. The first-order valence-corrected chi connectivity index (χ1v) is 13.4. The summed E-state index contributed by atoms with van der Waals surface area (Å²) in [6, 6.07) is 18.5. The summed E-state index contributed by atoms with van der Waals surface area (Å²) in [5.74, 6) is 0.471. The van der Waals surface area contributed by atoms with E-state index in [1.807, 2.05) is 42.5 Å². The summed E-state index contributed by atoms with van der Waals surface area (Å²) in [5.41, 5.74) is 4.15. The van der Waals surface area contributed by atoms with Gasteiger partial charge in [-0.2, -0.15) is 0 Å². The van der Waals surface area contributed by atoms with Crippen molar-refractivity contribution in [3.8, 4) is 5.75 Å². The zero-order valence-electron chi connectivity index (χ0n) is 20.0. The fourth-order valence-corrected chi connectivity index (χ4v) is 5.24. The molecule has 0 unspecified atom stereocenters. The maximum atomic E-state index is 12.8. The molecule has 0 bridgehead atoms. The highest BCUT2D eigenvalue weighted by atomic mass is 79.9. The van der Waals surface area contributed by atoms with Crippen LogP contribution in [-0.4, -0.2) is 21.4 Å². The molecule has 0 spiro atoms. The van der Waals surface area contributed by atoms with Crippen LogP contribution in [0, 0.1) is 0 Å². The molecule has 6 nitrogen and oxygen atoms in total. The summed E-state index contributed by atoms with van der Waals surface area (Å²) in [6.07, 6.45) is 1.78. The third-order valence-corrected chi connectivity index (χ3v) is 7.77. The quantitative estimate of drug-likeness (QED) is 0.381. The van der Waals surface area contributed by atoms with Gasteiger partial charge in [-0.1, -0.05) is 51.1 Å². The van der Waals surface area contributed by atoms with Gasteiger partial charge in [-0.3, -0.25) is 4.79 Å². The Morgan fingerprint density at radius 2 is 1.77 bits per heavy atom. The monoisotopic (exact) mass is 554 g/mol. The number of sulfonamides is 1. The molecule has 0 fully saturated rings. The van der Waals surface area contributed by atoms with Crippen LogP contribution in [0.4, 0.5) is 5.69 Å². The standard InChI is InChI=1S/C27H27BrN2O4S/c1-27(2,3)22-13-18(14-23(28)25(22)34-16-17-8-6-5-7-9-17)12-21-20-15-19(35(32,33)29-4)10-11-24(20)30-26(21)31/h5-15,29H,16H2,1-4H3,(H,30,31). The summed E-state index contributed by atoms with van der Waals surface area (Å²) in [7, 11) is -2.28. The number of amides is 1. The number of carbonyl (C=O) groups is 1. The second kappa shape index (κ2) is 9.60. The Balaban J connectivity index is 1.76. The fourth-order valence-electron chi connectivity index (χ4n) is 3.89. The van der Waals surface area contributed by atoms with E-state index in [1.54, 1.807) is 12.1 Å². The van der Waals surface area contributed by atoms with Gasteiger partial charge in [-0.25, -0.2) is 13.1 Å². The molecule has 4 rings (SSSR count). The van der Waals surface area contributed by atoms with Crippen LogP contribution >= 0.6 is 15.9 Å². The van der Waals surface area contributed by atoms with Crippen molar-refractivity contribution in [1.29, 1.82) is 0 Å². The van der Waals surface area contributed by atoms with E-state index >= 15 is 0 Å². The summed E-state index contributed by atoms with van der Waals surface area (Å²) in [4.78, 5) is 12.9. The summed E-state index contributed by atoms with van der Waals surface area (Å²) in [6.45, 7) is 6.75. The number of halogens is 1. The Morgan fingerprint density at radius 1 is 1.06 bits per heavy atom. The molecule has 1 amide bonds. The first kappa shape index (κ1) is 25.2. The van der Waals surface area contributed by atoms with Crippen LogP contribution in [0.2, 0.25) is 0 Å². The van der Waals surface area contributed by atoms with E-state index in [0.717, 1.165) is 26.9 Å². The van der Waals surface area contributed by atoms with E-state index in [2.05, 4.69) is 46.7 Å². The van der Waals surface area contributed by atoms with Crippen molar-refractivity contribution in [1.82, 2.24) is 4.72 Å². The molecule has 8 heteroatoms. The molecular weight excluding hydrogens is 528 g/mol. The molecule has 1 aliphatic heterocycles. The van der Waals surface area contributed by atoms with Gasteiger partial charge in [0.05, 0.1) is 9.37 Å². The van der Waals surface area contributed by atoms with Gasteiger partial charge in [-0.15, -0.1) is 0 Å². The van der Waals surface area contributed by atoms with Gasteiger partial charge in [0, 0.05) is 22.4 Å². The van der Waals surface area contributed by atoms with Crippen molar-refractivity contribution in [2.75, 3.05) is 12.4 Å². The number of anilines is 1. The van der Waals surface area contributed by atoms with Crippen LogP contribution in [0.25, 0.3) is 11.6 Å².